The Morgan fingerprint density at radius 3 is 2.21 bits per heavy atom. The van der Waals surface area contributed by atoms with Crippen molar-refractivity contribution in [2.45, 2.75) is 31.8 Å². The molecule has 0 bridgehead atoms. The molecule has 0 saturated carbocycles. The molecule has 6 nitrogen and oxygen atoms in total. The highest BCUT2D eigenvalue weighted by Gasteiger charge is 2.38. The number of carboxylic acids is 1. The molecule has 3 rings (SSSR count). The molecule has 150 valence electrons. The van der Waals surface area contributed by atoms with Gasteiger partial charge in [-0.1, -0.05) is 29.8 Å². The Balaban J connectivity index is 2.19. The Hall–Kier alpha value is -2.73. The van der Waals surface area contributed by atoms with Gasteiger partial charge in [0, 0.05) is 18.2 Å². The van der Waals surface area contributed by atoms with E-state index in [9.17, 15) is 9.90 Å². The quantitative estimate of drug-likeness (QED) is 0.785. The lowest BCUT2D eigenvalue weighted by atomic mass is 9.94. The summed E-state index contributed by atoms with van der Waals surface area (Å²) in [7, 11) is 4.77. The Morgan fingerprint density at radius 2 is 1.64 bits per heavy atom. The van der Waals surface area contributed by atoms with Crippen LogP contribution in [-0.4, -0.2) is 49.9 Å². The molecule has 1 saturated heterocycles. The monoisotopic (exact) mass is 385 g/mol. The molecule has 2 aromatic rings. The van der Waals surface area contributed by atoms with E-state index in [1.807, 2.05) is 42.2 Å². The molecule has 0 amide bonds. The molecular weight excluding hydrogens is 358 g/mol. The number of aliphatic carboxylic acids is 1. The van der Waals surface area contributed by atoms with Crippen LogP contribution in [0.5, 0.6) is 17.2 Å². The maximum Gasteiger partial charge on any atom is 0.320 e. The third-order valence-corrected chi connectivity index (χ3v) is 5.33. The summed E-state index contributed by atoms with van der Waals surface area (Å²) in [5.41, 5.74) is 3.03. The van der Waals surface area contributed by atoms with Crippen molar-refractivity contribution < 1.29 is 24.1 Å². The highest BCUT2D eigenvalue weighted by molar-refractivity contribution is 5.74. The summed E-state index contributed by atoms with van der Waals surface area (Å²) >= 11 is 0. The standard InChI is InChI=1S/C22H27NO5/c1-14-7-9-15(10-8-14)21(23-11-5-6-17(23)22(24)25)16-12-19(27-3)20(28-4)13-18(16)26-2/h7-10,12-13,17,21H,5-6,11H2,1-4H3,(H,24,25). The smallest absolute Gasteiger partial charge is 0.320 e. The number of likely N-dealkylation sites (tertiary alicyclic amines) is 1. The molecule has 1 aliphatic rings. The maximum atomic E-state index is 11.9. The van der Waals surface area contributed by atoms with Crippen molar-refractivity contribution in [3.63, 3.8) is 0 Å². The van der Waals surface area contributed by atoms with E-state index in [4.69, 9.17) is 14.2 Å². The number of nitrogens with zero attached hydrogens (tertiary/aromatic N) is 1. The Kier molecular flexibility index (Phi) is 6.09. The van der Waals surface area contributed by atoms with E-state index in [0.29, 0.717) is 30.2 Å². The van der Waals surface area contributed by atoms with Gasteiger partial charge in [-0.25, -0.2) is 0 Å². The van der Waals surface area contributed by atoms with Crippen LogP contribution < -0.4 is 14.2 Å². The van der Waals surface area contributed by atoms with Crippen LogP contribution in [0.3, 0.4) is 0 Å². The Labute approximate surface area is 165 Å². The number of benzene rings is 2. The zero-order chi connectivity index (χ0) is 20.3. The number of methoxy groups -OCH3 is 3. The fraction of sp³-hybridized carbons (Fsp3) is 0.409. The molecule has 0 aliphatic carbocycles. The van der Waals surface area contributed by atoms with Gasteiger partial charge < -0.3 is 19.3 Å². The lowest BCUT2D eigenvalue weighted by Gasteiger charge is -2.33. The van der Waals surface area contributed by atoms with Crippen molar-refractivity contribution in [1.29, 1.82) is 0 Å². The first-order valence-corrected chi connectivity index (χ1v) is 9.35. The fourth-order valence-corrected chi connectivity index (χ4v) is 3.93. The topological polar surface area (TPSA) is 68.2 Å². The summed E-state index contributed by atoms with van der Waals surface area (Å²) in [4.78, 5) is 13.9. The highest BCUT2D eigenvalue weighted by Crippen LogP contribution is 2.43. The number of rotatable bonds is 7. The van der Waals surface area contributed by atoms with Crippen molar-refractivity contribution in [1.82, 2.24) is 4.90 Å². The van der Waals surface area contributed by atoms with Crippen molar-refractivity contribution in [2.24, 2.45) is 0 Å². The minimum Gasteiger partial charge on any atom is -0.496 e. The maximum absolute atomic E-state index is 11.9. The van der Waals surface area contributed by atoms with Gasteiger partial charge in [-0.3, -0.25) is 9.69 Å². The highest BCUT2D eigenvalue weighted by atomic mass is 16.5. The minimum absolute atomic E-state index is 0.265. The van der Waals surface area contributed by atoms with Crippen LogP contribution in [0.25, 0.3) is 0 Å². The Bertz CT molecular complexity index is 834. The van der Waals surface area contributed by atoms with Crippen LogP contribution in [0.4, 0.5) is 0 Å². The number of ether oxygens (including phenoxy) is 3. The first kappa shape index (κ1) is 20.0. The molecule has 2 atom stereocenters. The molecule has 0 spiro atoms. The van der Waals surface area contributed by atoms with Gasteiger partial charge in [0.1, 0.15) is 11.8 Å². The second kappa shape index (κ2) is 8.52. The molecular formula is C22H27NO5. The van der Waals surface area contributed by atoms with Crippen LogP contribution in [0.1, 0.15) is 35.6 Å². The SMILES string of the molecule is COc1cc(OC)c(C(c2ccc(C)cc2)N2CCCC2C(=O)O)cc1OC. The van der Waals surface area contributed by atoms with E-state index in [-0.39, 0.29) is 6.04 Å². The predicted octanol–water partition coefficient (Wildman–Crippen LogP) is 3.66. The summed E-state index contributed by atoms with van der Waals surface area (Å²) in [5, 5.41) is 9.76. The summed E-state index contributed by atoms with van der Waals surface area (Å²) in [5.74, 6) is 0.997. The number of carbonyl (C=O) groups is 1. The van der Waals surface area contributed by atoms with Gasteiger partial charge in [-0.15, -0.1) is 0 Å². The molecule has 0 radical (unpaired) electrons. The van der Waals surface area contributed by atoms with E-state index in [1.165, 1.54) is 0 Å². The largest absolute Gasteiger partial charge is 0.496 e. The first-order valence-electron chi connectivity index (χ1n) is 9.35. The molecule has 0 aromatic heterocycles. The number of hydrogen-bond acceptors (Lipinski definition) is 5. The zero-order valence-electron chi connectivity index (χ0n) is 16.8. The second-order valence-electron chi connectivity index (χ2n) is 7.00. The van der Waals surface area contributed by atoms with E-state index < -0.39 is 12.0 Å². The molecule has 2 unspecified atom stereocenters. The van der Waals surface area contributed by atoms with Crippen molar-refractivity contribution in [3.8, 4) is 17.2 Å². The van der Waals surface area contributed by atoms with E-state index in [2.05, 4.69) is 0 Å². The van der Waals surface area contributed by atoms with Crippen LogP contribution in [0.2, 0.25) is 0 Å². The lowest BCUT2D eigenvalue weighted by Crippen LogP contribution is -2.39. The van der Waals surface area contributed by atoms with Gasteiger partial charge >= 0.3 is 5.97 Å². The van der Waals surface area contributed by atoms with Crippen LogP contribution in [0, 0.1) is 6.92 Å². The average molecular weight is 385 g/mol. The van der Waals surface area contributed by atoms with Crippen LogP contribution >= 0.6 is 0 Å². The third-order valence-electron chi connectivity index (χ3n) is 5.33. The first-order chi connectivity index (χ1) is 13.5. The van der Waals surface area contributed by atoms with E-state index >= 15 is 0 Å². The molecule has 2 aromatic carbocycles. The fourth-order valence-electron chi connectivity index (χ4n) is 3.93. The molecule has 6 heteroatoms. The van der Waals surface area contributed by atoms with Crippen molar-refractivity contribution in [3.05, 3.63) is 53.1 Å². The van der Waals surface area contributed by atoms with Gasteiger partial charge in [0.25, 0.3) is 0 Å². The predicted molar refractivity (Wildman–Crippen MR) is 106 cm³/mol. The van der Waals surface area contributed by atoms with Crippen molar-refractivity contribution in [2.75, 3.05) is 27.9 Å². The van der Waals surface area contributed by atoms with E-state index in [1.54, 1.807) is 27.4 Å². The molecule has 1 N–H and O–H groups in total. The van der Waals surface area contributed by atoms with Gasteiger partial charge in [0.15, 0.2) is 11.5 Å². The van der Waals surface area contributed by atoms with Gasteiger partial charge in [-0.05, 0) is 31.4 Å². The second-order valence-corrected chi connectivity index (χ2v) is 7.00. The summed E-state index contributed by atoms with van der Waals surface area (Å²) < 4.78 is 16.6. The van der Waals surface area contributed by atoms with Crippen LogP contribution in [-0.2, 0) is 4.79 Å². The van der Waals surface area contributed by atoms with Gasteiger partial charge in [-0.2, -0.15) is 0 Å². The Morgan fingerprint density at radius 1 is 1.04 bits per heavy atom. The summed E-state index contributed by atoms with van der Waals surface area (Å²) in [6.45, 7) is 2.73. The third kappa shape index (κ3) is 3.78. The van der Waals surface area contributed by atoms with Gasteiger partial charge in [0.05, 0.1) is 27.4 Å². The van der Waals surface area contributed by atoms with Crippen LogP contribution in [0.15, 0.2) is 36.4 Å². The normalized spacial score (nSPS) is 17.9. The molecule has 1 fully saturated rings. The molecule has 1 heterocycles. The summed E-state index contributed by atoms with van der Waals surface area (Å²) in [6, 6.07) is 11.1. The summed E-state index contributed by atoms with van der Waals surface area (Å²) in [6.07, 6.45) is 1.47. The minimum atomic E-state index is -0.797. The zero-order valence-corrected chi connectivity index (χ0v) is 16.8. The van der Waals surface area contributed by atoms with Gasteiger partial charge in [0.2, 0.25) is 0 Å². The number of aryl methyl sites for hydroxylation is 1. The number of hydrogen-bond donors (Lipinski definition) is 1. The average Bonchev–Trinajstić information content (AvgIpc) is 3.18. The van der Waals surface area contributed by atoms with E-state index in [0.717, 1.165) is 23.1 Å². The number of carboxylic acid groups (broad SMARTS) is 1. The molecule has 28 heavy (non-hydrogen) atoms. The lowest BCUT2D eigenvalue weighted by molar-refractivity contribution is -0.142. The molecule has 1 aliphatic heterocycles. The van der Waals surface area contributed by atoms with Crippen molar-refractivity contribution >= 4 is 5.97 Å².